The zero-order chi connectivity index (χ0) is 24.6. The van der Waals surface area contributed by atoms with Crippen LogP contribution in [0.2, 0.25) is 0 Å². The van der Waals surface area contributed by atoms with Crippen molar-refractivity contribution in [3.05, 3.63) is 88.3 Å². The predicted molar refractivity (Wildman–Crippen MR) is 126 cm³/mol. The number of aryl methyl sites for hydroxylation is 2. The van der Waals surface area contributed by atoms with Crippen LogP contribution in [0.5, 0.6) is 0 Å². The zero-order valence-corrected chi connectivity index (χ0v) is 19.6. The van der Waals surface area contributed by atoms with Crippen LogP contribution >= 0.6 is 12.2 Å². The summed E-state index contributed by atoms with van der Waals surface area (Å²) in [6.45, 7) is 15.2. The van der Waals surface area contributed by atoms with Crippen LogP contribution in [-0.4, -0.2) is 10.7 Å². The van der Waals surface area contributed by atoms with Gasteiger partial charge in [0.05, 0.1) is 11.1 Å². The van der Waals surface area contributed by atoms with Gasteiger partial charge in [-0.2, -0.15) is 13.2 Å². The topological polar surface area (TPSA) is 32.3 Å². The normalized spacial score (nSPS) is 10.2. The number of alkyl halides is 3. The van der Waals surface area contributed by atoms with Gasteiger partial charge in [0.2, 0.25) is 0 Å². The van der Waals surface area contributed by atoms with E-state index in [4.69, 9.17) is 5.21 Å². The monoisotopic (exact) mass is 457 g/mol. The van der Waals surface area contributed by atoms with E-state index in [0.29, 0.717) is 11.1 Å². The molecule has 0 heterocycles. The van der Waals surface area contributed by atoms with E-state index in [1.165, 1.54) is 29.3 Å². The lowest BCUT2D eigenvalue weighted by molar-refractivity contribution is -0.140. The number of hydrogen-bond acceptors (Lipinski definition) is 2. The van der Waals surface area contributed by atoms with E-state index in [-0.39, 0.29) is 5.56 Å². The minimum atomic E-state index is -4.68. The van der Waals surface area contributed by atoms with Crippen molar-refractivity contribution in [1.29, 1.82) is 0 Å². The Morgan fingerprint density at radius 2 is 1.42 bits per heavy atom. The fourth-order valence-corrected chi connectivity index (χ4v) is 1.87. The second kappa shape index (κ2) is 16.2. The van der Waals surface area contributed by atoms with Crippen molar-refractivity contribution in [2.75, 3.05) is 0 Å². The lowest BCUT2D eigenvalue weighted by Crippen LogP contribution is -2.08. The van der Waals surface area contributed by atoms with Gasteiger partial charge >= 0.3 is 6.18 Å². The minimum absolute atomic E-state index is 0.0830. The number of nitrogens with one attached hydrogen (secondary N) is 1. The van der Waals surface area contributed by atoms with Gasteiger partial charge in [0.15, 0.2) is 0 Å². The SMILES string of the molecule is C=C(C)/C(C)=C/c1cccc(C(F)(F)F)c1F.CC.Cc1ccc(C)cc1.ONC=S. The molecular weight excluding hydrogens is 426 g/mol. The molecule has 2 N–H and O–H groups in total. The Morgan fingerprint density at radius 3 is 1.74 bits per heavy atom. The Labute approximate surface area is 188 Å². The van der Waals surface area contributed by atoms with Crippen LogP contribution in [-0.2, 0) is 6.18 Å². The third-order valence-electron chi connectivity index (χ3n) is 3.65. The second-order valence-corrected chi connectivity index (χ2v) is 6.45. The van der Waals surface area contributed by atoms with E-state index < -0.39 is 17.6 Å². The first-order valence-electron chi connectivity index (χ1n) is 9.50. The molecule has 0 saturated carbocycles. The van der Waals surface area contributed by atoms with Crippen LogP contribution in [0.3, 0.4) is 0 Å². The van der Waals surface area contributed by atoms with Gasteiger partial charge in [-0.3, -0.25) is 10.7 Å². The maximum Gasteiger partial charge on any atom is 0.419 e. The van der Waals surface area contributed by atoms with Crippen LogP contribution in [0.25, 0.3) is 6.08 Å². The smallest absolute Gasteiger partial charge is 0.291 e. The fourth-order valence-electron chi connectivity index (χ4n) is 1.87. The number of allylic oxidation sites excluding steroid dienone is 2. The molecule has 7 heteroatoms. The maximum absolute atomic E-state index is 13.6. The summed E-state index contributed by atoms with van der Waals surface area (Å²) in [6.07, 6.45) is -3.32. The molecule has 0 fully saturated rings. The molecule has 172 valence electrons. The van der Waals surface area contributed by atoms with E-state index in [9.17, 15) is 17.6 Å². The standard InChI is InChI=1S/C13H12F4.C8H10.C2H6.CH3NOS/c1-8(2)9(3)7-10-5-4-6-11(12(10)14)13(15,16)17;1-7-3-5-8(2)6-4-7;1-2;3-2-1-4/h4-7H,1H2,2-3H3;3-6H,1-2H3;1-2H3;1,3H,(H,2,4)/b9-7+;;;. The van der Waals surface area contributed by atoms with Crippen molar-refractivity contribution in [1.82, 2.24) is 5.48 Å². The van der Waals surface area contributed by atoms with Crippen LogP contribution < -0.4 is 5.48 Å². The summed E-state index contributed by atoms with van der Waals surface area (Å²) in [5.74, 6) is -1.25. The molecule has 0 aliphatic rings. The fraction of sp³-hybridized carbons (Fsp3) is 0.292. The summed E-state index contributed by atoms with van der Waals surface area (Å²) < 4.78 is 50.9. The van der Waals surface area contributed by atoms with E-state index in [0.717, 1.165) is 11.6 Å². The zero-order valence-electron chi connectivity index (χ0n) is 18.8. The van der Waals surface area contributed by atoms with Crippen LogP contribution in [0.1, 0.15) is 49.9 Å². The summed E-state index contributed by atoms with van der Waals surface area (Å²) in [7, 11) is 0. The molecule has 2 aromatic rings. The molecular formula is C24H31F4NOS. The van der Waals surface area contributed by atoms with Gasteiger partial charge in [-0.05, 0) is 45.4 Å². The third kappa shape index (κ3) is 13.4. The Balaban J connectivity index is 0. The van der Waals surface area contributed by atoms with Crippen molar-refractivity contribution in [2.45, 2.75) is 47.7 Å². The van der Waals surface area contributed by atoms with Gasteiger partial charge in [0, 0.05) is 5.56 Å². The number of hydroxylamine groups is 1. The second-order valence-electron chi connectivity index (χ2n) is 6.22. The minimum Gasteiger partial charge on any atom is -0.291 e. The molecule has 2 rings (SSSR count). The maximum atomic E-state index is 13.6. The van der Waals surface area contributed by atoms with Gasteiger partial charge in [-0.1, -0.05) is 85.7 Å². The Kier molecular flexibility index (Phi) is 16.0. The number of halogens is 4. The van der Waals surface area contributed by atoms with Crippen molar-refractivity contribution >= 4 is 23.8 Å². The predicted octanol–water partition coefficient (Wildman–Crippen LogP) is 8.08. The van der Waals surface area contributed by atoms with Crippen LogP contribution in [0.4, 0.5) is 17.6 Å². The molecule has 0 spiro atoms. The van der Waals surface area contributed by atoms with Crippen molar-refractivity contribution in [3.63, 3.8) is 0 Å². The lowest BCUT2D eigenvalue weighted by atomic mass is 10.0. The quantitative estimate of drug-likeness (QED) is 0.211. The molecule has 0 aliphatic heterocycles. The van der Waals surface area contributed by atoms with Gasteiger partial charge < -0.3 is 0 Å². The highest BCUT2D eigenvalue weighted by molar-refractivity contribution is 7.78. The van der Waals surface area contributed by atoms with Gasteiger partial charge in [0.1, 0.15) is 5.82 Å². The molecule has 0 radical (unpaired) electrons. The van der Waals surface area contributed by atoms with Crippen molar-refractivity contribution < 1.29 is 22.8 Å². The summed E-state index contributed by atoms with van der Waals surface area (Å²) in [4.78, 5) is 0. The third-order valence-corrected chi connectivity index (χ3v) is 3.76. The highest BCUT2D eigenvalue weighted by Crippen LogP contribution is 2.33. The van der Waals surface area contributed by atoms with E-state index in [1.54, 1.807) is 19.3 Å². The van der Waals surface area contributed by atoms with Gasteiger partial charge in [-0.15, -0.1) is 0 Å². The molecule has 2 nitrogen and oxygen atoms in total. The average Bonchev–Trinajstić information content (AvgIpc) is 2.73. The number of thiocarbonyl (C=S) groups is 1. The highest BCUT2D eigenvalue weighted by Gasteiger charge is 2.34. The van der Waals surface area contributed by atoms with Gasteiger partial charge in [-0.25, -0.2) is 4.39 Å². The first-order chi connectivity index (χ1) is 14.4. The first kappa shape index (κ1) is 30.7. The molecule has 0 aliphatic carbocycles. The highest BCUT2D eigenvalue weighted by atomic mass is 32.1. The summed E-state index contributed by atoms with van der Waals surface area (Å²) >= 11 is 4.07. The molecule has 0 atom stereocenters. The average molecular weight is 458 g/mol. The molecule has 31 heavy (non-hydrogen) atoms. The summed E-state index contributed by atoms with van der Waals surface area (Å²) in [5.41, 5.74) is 5.28. The molecule has 0 aromatic heterocycles. The largest absolute Gasteiger partial charge is 0.419 e. The molecule has 0 amide bonds. The molecule has 2 aromatic carbocycles. The summed E-state index contributed by atoms with van der Waals surface area (Å²) in [5, 5.41) is 7.47. The lowest BCUT2D eigenvalue weighted by Gasteiger charge is -2.10. The number of benzene rings is 2. The summed E-state index contributed by atoms with van der Waals surface area (Å²) in [6, 6.07) is 11.7. The van der Waals surface area contributed by atoms with Crippen molar-refractivity contribution in [2.24, 2.45) is 0 Å². The Morgan fingerprint density at radius 1 is 1.00 bits per heavy atom. The molecule has 0 unspecified atom stereocenters. The Hall–Kier alpha value is -2.51. The van der Waals surface area contributed by atoms with E-state index >= 15 is 0 Å². The van der Waals surface area contributed by atoms with Crippen LogP contribution in [0.15, 0.2) is 60.2 Å². The number of hydrogen-bond donors (Lipinski definition) is 2. The van der Waals surface area contributed by atoms with Crippen LogP contribution in [0, 0.1) is 19.7 Å². The molecule has 0 saturated heterocycles. The first-order valence-corrected chi connectivity index (χ1v) is 9.97. The van der Waals surface area contributed by atoms with E-state index in [2.05, 4.69) is 56.9 Å². The van der Waals surface area contributed by atoms with E-state index in [1.807, 2.05) is 13.8 Å². The van der Waals surface area contributed by atoms with Crippen molar-refractivity contribution in [3.8, 4) is 0 Å². The Bertz CT molecular complexity index is 807. The van der Waals surface area contributed by atoms with Gasteiger partial charge in [0.25, 0.3) is 0 Å². The molecule has 0 bridgehead atoms. The number of rotatable bonds is 3.